The van der Waals surface area contributed by atoms with Gasteiger partial charge < -0.3 is 10.6 Å². The summed E-state index contributed by atoms with van der Waals surface area (Å²) in [7, 11) is 1.98. The van der Waals surface area contributed by atoms with E-state index in [0.29, 0.717) is 12.6 Å². The summed E-state index contributed by atoms with van der Waals surface area (Å²) in [5.74, 6) is 0.0675. The minimum Gasteiger partial charge on any atom is -0.325 e. The van der Waals surface area contributed by atoms with Crippen LogP contribution in [0, 0.1) is 0 Å². The van der Waals surface area contributed by atoms with Gasteiger partial charge in [-0.1, -0.05) is 18.2 Å². The third-order valence-electron chi connectivity index (χ3n) is 3.34. The van der Waals surface area contributed by atoms with Crippen LogP contribution < -0.4 is 10.6 Å². The van der Waals surface area contributed by atoms with Gasteiger partial charge in [-0.25, -0.2) is 0 Å². The maximum Gasteiger partial charge on any atom is 0.238 e. The normalized spacial score (nSPS) is 19.5. The minimum atomic E-state index is 0. The Bertz CT molecular complexity index is 386. The van der Waals surface area contributed by atoms with Crippen LogP contribution >= 0.6 is 12.4 Å². The van der Waals surface area contributed by atoms with Crippen LogP contribution in [0.25, 0.3) is 0 Å². The van der Waals surface area contributed by atoms with Crippen LogP contribution in [0.2, 0.25) is 0 Å². The number of piperidine rings is 1. The van der Waals surface area contributed by atoms with E-state index in [-0.39, 0.29) is 18.3 Å². The molecule has 1 heterocycles. The number of anilines is 1. The predicted molar refractivity (Wildman–Crippen MR) is 80.8 cm³/mol. The third-order valence-corrected chi connectivity index (χ3v) is 3.34. The highest BCUT2D eigenvalue weighted by atomic mass is 35.5. The lowest BCUT2D eigenvalue weighted by atomic mass is 10.1. The lowest BCUT2D eigenvalue weighted by molar-refractivity contribution is -0.117. The summed E-state index contributed by atoms with van der Waals surface area (Å²) >= 11 is 0. The van der Waals surface area contributed by atoms with E-state index in [1.165, 1.54) is 6.42 Å². The van der Waals surface area contributed by atoms with Crippen LogP contribution in [0.4, 0.5) is 5.69 Å². The van der Waals surface area contributed by atoms with Crippen molar-refractivity contribution in [2.75, 3.05) is 32.0 Å². The second kappa shape index (κ2) is 8.15. The Kier molecular flexibility index (Phi) is 6.84. The molecule has 1 aliphatic rings. The number of halogens is 1. The number of carbonyl (C=O) groups excluding carboxylic acids is 1. The van der Waals surface area contributed by atoms with Gasteiger partial charge in [0, 0.05) is 18.3 Å². The molecule has 1 aromatic carbocycles. The van der Waals surface area contributed by atoms with Crippen LogP contribution in [0.1, 0.15) is 12.8 Å². The lowest BCUT2D eigenvalue weighted by Crippen LogP contribution is -2.46. The molecule has 0 aromatic heterocycles. The Morgan fingerprint density at radius 3 is 2.79 bits per heavy atom. The first-order chi connectivity index (χ1) is 8.78. The Balaban J connectivity index is 0.00000180. The highest BCUT2D eigenvalue weighted by Gasteiger charge is 2.20. The van der Waals surface area contributed by atoms with Crippen LogP contribution in [0.5, 0.6) is 0 Å². The number of benzene rings is 1. The first-order valence-electron chi connectivity index (χ1n) is 6.52. The topological polar surface area (TPSA) is 44.4 Å². The van der Waals surface area contributed by atoms with Crippen LogP contribution in [0.15, 0.2) is 30.3 Å². The fourth-order valence-electron chi connectivity index (χ4n) is 2.36. The molecule has 5 heteroatoms. The van der Waals surface area contributed by atoms with Gasteiger partial charge in [0.2, 0.25) is 5.91 Å². The van der Waals surface area contributed by atoms with Crippen LogP contribution in [-0.2, 0) is 4.79 Å². The summed E-state index contributed by atoms with van der Waals surface area (Å²) in [6.45, 7) is 2.45. The number of likely N-dealkylation sites (tertiary alicyclic amines) is 1. The molecule has 1 unspecified atom stereocenters. The quantitative estimate of drug-likeness (QED) is 0.885. The van der Waals surface area contributed by atoms with E-state index in [1.54, 1.807) is 0 Å². The molecule has 2 rings (SSSR count). The van der Waals surface area contributed by atoms with E-state index in [1.807, 2.05) is 37.4 Å². The van der Waals surface area contributed by atoms with Crippen molar-refractivity contribution in [1.82, 2.24) is 10.2 Å². The number of nitrogens with zero attached hydrogens (tertiary/aromatic N) is 1. The fourth-order valence-corrected chi connectivity index (χ4v) is 2.36. The van der Waals surface area contributed by atoms with Crippen LogP contribution in [-0.4, -0.2) is 43.5 Å². The standard InChI is InChI=1S/C14H21N3O.ClH/c1-15-13-8-5-9-17(10-13)11-14(18)16-12-6-3-2-4-7-12;/h2-4,6-7,13,15H,5,8-11H2,1H3,(H,16,18);1H. The molecule has 0 saturated carbocycles. The molecule has 0 aliphatic carbocycles. The minimum absolute atomic E-state index is 0. The van der Waals surface area contributed by atoms with Gasteiger partial charge >= 0.3 is 0 Å². The monoisotopic (exact) mass is 283 g/mol. The molecule has 1 aliphatic heterocycles. The Morgan fingerprint density at radius 1 is 1.37 bits per heavy atom. The van der Waals surface area contributed by atoms with E-state index < -0.39 is 0 Å². The summed E-state index contributed by atoms with van der Waals surface area (Å²) in [5.41, 5.74) is 0.865. The van der Waals surface area contributed by atoms with Gasteiger partial charge in [0.05, 0.1) is 6.54 Å². The molecule has 1 aromatic rings. The molecule has 19 heavy (non-hydrogen) atoms. The van der Waals surface area contributed by atoms with Crippen molar-refractivity contribution in [3.8, 4) is 0 Å². The van der Waals surface area contributed by atoms with Gasteiger partial charge in [-0.05, 0) is 38.6 Å². The van der Waals surface area contributed by atoms with Gasteiger partial charge in [-0.2, -0.15) is 0 Å². The first-order valence-corrected chi connectivity index (χ1v) is 6.52. The van der Waals surface area contributed by atoms with Gasteiger partial charge in [-0.15, -0.1) is 12.4 Å². The average Bonchev–Trinajstić information content (AvgIpc) is 2.40. The maximum atomic E-state index is 11.9. The molecule has 106 valence electrons. The Morgan fingerprint density at radius 2 is 2.11 bits per heavy atom. The average molecular weight is 284 g/mol. The molecule has 4 nitrogen and oxygen atoms in total. The molecule has 0 bridgehead atoms. The van der Waals surface area contributed by atoms with E-state index in [9.17, 15) is 4.79 Å². The second-order valence-corrected chi connectivity index (χ2v) is 4.78. The smallest absolute Gasteiger partial charge is 0.238 e. The molecule has 1 fully saturated rings. The van der Waals surface area contributed by atoms with Crippen molar-refractivity contribution < 1.29 is 4.79 Å². The number of rotatable bonds is 4. The third kappa shape index (κ3) is 5.19. The number of likely N-dealkylation sites (N-methyl/N-ethyl adjacent to an activating group) is 1. The van der Waals surface area contributed by atoms with Crippen molar-refractivity contribution in [2.45, 2.75) is 18.9 Å². The Labute approximate surface area is 121 Å². The SMILES string of the molecule is CNC1CCCN(CC(=O)Nc2ccccc2)C1.Cl. The number of nitrogens with one attached hydrogen (secondary N) is 2. The number of amides is 1. The van der Waals surface area contributed by atoms with Crippen LogP contribution in [0.3, 0.4) is 0 Å². The summed E-state index contributed by atoms with van der Waals surface area (Å²) in [4.78, 5) is 14.1. The molecule has 1 saturated heterocycles. The summed E-state index contributed by atoms with van der Waals surface area (Å²) in [5, 5.41) is 6.20. The molecule has 0 radical (unpaired) electrons. The van der Waals surface area contributed by atoms with Gasteiger partial charge in [-0.3, -0.25) is 9.69 Å². The largest absolute Gasteiger partial charge is 0.325 e. The molecule has 1 atom stereocenters. The molecular formula is C14H22ClN3O. The molecule has 2 N–H and O–H groups in total. The number of hydrogen-bond acceptors (Lipinski definition) is 3. The predicted octanol–water partition coefficient (Wildman–Crippen LogP) is 1.73. The van der Waals surface area contributed by atoms with E-state index >= 15 is 0 Å². The van der Waals surface area contributed by atoms with Gasteiger partial charge in [0.15, 0.2) is 0 Å². The molecular weight excluding hydrogens is 262 g/mol. The summed E-state index contributed by atoms with van der Waals surface area (Å²) in [6.07, 6.45) is 2.36. The summed E-state index contributed by atoms with van der Waals surface area (Å²) < 4.78 is 0. The number of para-hydroxylation sites is 1. The number of hydrogen-bond donors (Lipinski definition) is 2. The molecule has 0 spiro atoms. The zero-order valence-corrected chi connectivity index (χ0v) is 12.1. The van der Waals surface area contributed by atoms with Crippen molar-refractivity contribution >= 4 is 24.0 Å². The first kappa shape index (κ1) is 16.0. The van der Waals surface area contributed by atoms with E-state index in [2.05, 4.69) is 15.5 Å². The van der Waals surface area contributed by atoms with E-state index in [0.717, 1.165) is 25.2 Å². The zero-order valence-electron chi connectivity index (χ0n) is 11.3. The number of carbonyl (C=O) groups is 1. The van der Waals surface area contributed by atoms with Gasteiger partial charge in [0.25, 0.3) is 0 Å². The molecule has 1 amide bonds. The van der Waals surface area contributed by atoms with Gasteiger partial charge in [0.1, 0.15) is 0 Å². The lowest BCUT2D eigenvalue weighted by Gasteiger charge is -2.31. The van der Waals surface area contributed by atoms with Crippen molar-refractivity contribution in [2.24, 2.45) is 0 Å². The van der Waals surface area contributed by atoms with E-state index in [4.69, 9.17) is 0 Å². The fraction of sp³-hybridized carbons (Fsp3) is 0.500. The highest BCUT2D eigenvalue weighted by molar-refractivity contribution is 5.92. The zero-order chi connectivity index (χ0) is 12.8. The maximum absolute atomic E-state index is 11.9. The highest BCUT2D eigenvalue weighted by Crippen LogP contribution is 2.10. The van der Waals surface area contributed by atoms with Crippen molar-refractivity contribution in [3.63, 3.8) is 0 Å². The summed E-state index contributed by atoms with van der Waals surface area (Å²) in [6, 6.07) is 10.1. The van der Waals surface area contributed by atoms with Crippen molar-refractivity contribution in [3.05, 3.63) is 30.3 Å². The Hall–Kier alpha value is -1.10. The van der Waals surface area contributed by atoms with Crippen molar-refractivity contribution in [1.29, 1.82) is 0 Å². The second-order valence-electron chi connectivity index (χ2n) is 4.78.